The van der Waals surface area contributed by atoms with Gasteiger partial charge in [0, 0.05) is 30.3 Å². The second kappa shape index (κ2) is 6.78. The molecule has 2 aromatic rings. The zero-order valence-electron chi connectivity index (χ0n) is 12.0. The lowest BCUT2D eigenvalue weighted by molar-refractivity contribution is 0.698. The van der Waals surface area contributed by atoms with Crippen LogP contribution in [0.1, 0.15) is 30.5 Å². The van der Waals surface area contributed by atoms with Crippen molar-refractivity contribution in [2.75, 3.05) is 11.9 Å². The molecule has 0 aliphatic rings. The number of anilines is 1. The van der Waals surface area contributed by atoms with Gasteiger partial charge in [0.2, 0.25) is 0 Å². The SMILES string of the molecule is CC[C@@H](N)c1ccc(N(C)Cc2ccc(Cl)cc2)cc1. The van der Waals surface area contributed by atoms with Crippen molar-refractivity contribution in [1.82, 2.24) is 0 Å². The lowest BCUT2D eigenvalue weighted by atomic mass is 10.1. The van der Waals surface area contributed by atoms with Gasteiger partial charge in [-0.2, -0.15) is 0 Å². The van der Waals surface area contributed by atoms with Crippen LogP contribution in [0.3, 0.4) is 0 Å². The highest BCUT2D eigenvalue weighted by molar-refractivity contribution is 6.30. The minimum Gasteiger partial charge on any atom is -0.370 e. The molecule has 0 bridgehead atoms. The largest absolute Gasteiger partial charge is 0.370 e. The van der Waals surface area contributed by atoms with Gasteiger partial charge in [0.25, 0.3) is 0 Å². The molecule has 0 radical (unpaired) electrons. The number of benzene rings is 2. The van der Waals surface area contributed by atoms with Crippen molar-refractivity contribution in [3.8, 4) is 0 Å². The standard InChI is InChI=1S/C17H21ClN2/c1-3-17(19)14-6-10-16(11-7-14)20(2)12-13-4-8-15(18)9-5-13/h4-11,17H,3,12,19H2,1-2H3/t17-/m1/s1. The summed E-state index contributed by atoms with van der Waals surface area (Å²) < 4.78 is 0. The molecule has 3 heteroatoms. The van der Waals surface area contributed by atoms with Crippen LogP contribution in [0.2, 0.25) is 5.02 Å². The molecule has 0 spiro atoms. The van der Waals surface area contributed by atoms with Crippen LogP contribution in [0, 0.1) is 0 Å². The fourth-order valence-corrected chi connectivity index (χ4v) is 2.29. The zero-order chi connectivity index (χ0) is 14.5. The van der Waals surface area contributed by atoms with Crippen molar-refractivity contribution in [2.45, 2.75) is 25.9 Å². The van der Waals surface area contributed by atoms with Gasteiger partial charge < -0.3 is 10.6 Å². The van der Waals surface area contributed by atoms with Crippen molar-refractivity contribution in [1.29, 1.82) is 0 Å². The van der Waals surface area contributed by atoms with Crippen LogP contribution in [0.5, 0.6) is 0 Å². The number of halogens is 1. The Balaban J connectivity index is 2.05. The van der Waals surface area contributed by atoms with Crippen LogP contribution in [0.15, 0.2) is 48.5 Å². The van der Waals surface area contributed by atoms with E-state index >= 15 is 0 Å². The molecule has 0 aliphatic carbocycles. The summed E-state index contributed by atoms with van der Waals surface area (Å²) in [5, 5.41) is 0.773. The first-order valence-electron chi connectivity index (χ1n) is 6.91. The Morgan fingerprint density at radius 3 is 2.20 bits per heavy atom. The minimum atomic E-state index is 0.130. The fourth-order valence-electron chi connectivity index (χ4n) is 2.17. The lowest BCUT2D eigenvalue weighted by Crippen LogP contribution is -2.16. The number of nitrogens with two attached hydrogens (primary N) is 1. The maximum Gasteiger partial charge on any atom is 0.0426 e. The van der Waals surface area contributed by atoms with Crippen LogP contribution >= 0.6 is 11.6 Å². The molecule has 2 nitrogen and oxygen atoms in total. The molecule has 0 saturated carbocycles. The molecule has 2 rings (SSSR count). The van der Waals surface area contributed by atoms with E-state index in [0.717, 1.165) is 18.0 Å². The third kappa shape index (κ3) is 3.75. The second-order valence-corrected chi connectivity index (χ2v) is 5.53. The molecular weight excluding hydrogens is 268 g/mol. The second-order valence-electron chi connectivity index (χ2n) is 5.09. The van der Waals surface area contributed by atoms with Gasteiger partial charge in [0.1, 0.15) is 0 Å². The van der Waals surface area contributed by atoms with Gasteiger partial charge >= 0.3 is 0 Å². The summed E-state index contributed by atoms with van der Waals surface area (Å²) in [5.41, 5.74) is 9.65. The summed E-state index contributed by atoms with van der Waals surface area (Å²) in [4.78, 5) is 2.21. The summed E-state index contributed by atoms with van der Waals surface area (Å²) in [6.07, 6.45) is 0.958. The molecule has 0 unspecified atom stereocenters. The van der Waals surface area contributed by atoms with Crippen molar-refractivity contribution in [3.05, 3.63) is 64.7 Å². The molecule has 0 aromatic heterocycles. The molecule has 2 N–H and O–H groups in total. The third-order valence-corrected chi connectivity index (χ3v) is 3.79. The van der Waals surface area contributed by atoms with E-state index in [1.165, 1.54) is 16.8 Å². The van der Waals surface area contributed by atoms with Crippen LogP contribution in [0.25, 0.3) is 0 Å². The van der Waals surface area contributed by atoms with Gasteiger partial charge in [0.05, 0.1) is 0 Å². The average Bonchev–Trinajstić information content (AvgIpc) is 2.49. The van der Waals surface area contributed by atoms with Gasteiger partial charge in [-0.15, -0.1) is 0 Å². The molecule has 0 heterocycles. The Kier molecular flexibility index (Phi) is 5.05. The van der Waals surface area contributed by atoms with E-state index in [-0.39, 0.29) is 6.04 Å². The van der Waals surface area contributed by atoms with E-state index in [1.54, 1.807) is 0 Å². The number of nitrogens with zero attached hydrogens (tertiary/aromatic N) is 1. The summed E-state index contributed by atoms with van der Waals surface area (Å²) in [6, 6.07) is 16.6. The van der Waals surface area contributed by atoms with E-state index in [2.05, 4.69) is 55.3 Å². The Morgan fingerprint density at radius 2 is 1.65 bits per heavy atom. The van der Waals surface area contributed by atoms with Crippen molar-refractivity contribution in [2.24, 2.45) is 5.73 Å². The van der Waals surface area contributed by atoms with E-state index in [9.17, 15) is 0 Å². The molecule has 106 valence electrons. The summed E-state index contributed by atoms with van der Waals surface area (Å²) in [7, 11) is 2.09. The van der Waals surface area contributed by atoms with Crippen LogP contribution in [-0.4, -0.2) is 7.05 Å². The van der Waals surface area contributed by atoms with Crippen molar-refractivity contribution >= 4 is 17.3 Å². The molecule has 0 fully saturated rings. The molecule has 0 saturated heterocycles. The normalized spacial score (nSPS) is 12.2. The molecule has 1 atom stereocenters. The quantitative estimate of drug-likeness (QED) is 0.884. The number of rotatable bonds is 5. The van der Waals surface area contributed by atoms with Gasteiger partial charge in [-0.05, 0) is 41.8 Å². The smallest absolute Gasteiger partial charge is 0.0426 e. The Morgan fingerprint density at radius 1 is 1.05 bits per heavy atom. The van der Waals surface area contributed by atoms with Crippen molar-refractivity contribution < 1.29 is 0 Å². The maximum atomic E-state index is 6.03. The average molecular weight is 289 g/mol. The number of hydrogen-bond donors (Lipinski definition) is 1. The van der Waals surface area contributed by atoms with Crippen LogP contribution in [-0.2, 0) is 6.54 Å². The van der Waals surface area contributed by atoms with E-state index in [0.29, 0.717) is 0 Å². The molecule has 20 heavy (non-hydrogen) atoms. The molecule has 0 amide bonds. The maximum absolute atomic E-state index is 6.03. The van der Waals surface area contributed by atoms with E-state index in [4.69, 9.17) is 17.3 Å². The van der Waals surface area contributed by atoms with Gasteiger partial charge in [-0.1, -0.05) is 42.8 Å². The molecular formula is C17H21ClN2. The molecule has 2 aromatic carbocycles. The number of hydrogen-bond acceptors (Lipinski definition) is 2. The summed E-state index contributed by atoms with van der Waals surface area (Å²) in [5.74, 6) is 0. The van der Waals surface area contributed by atoms with E-state index < -0.39 is 0 Å². The van der Waals surface area contributed by atoms with Gasteiger partial charge in [0.15, 0.2) is 0 Å². The highest BCUT2D eigenvalue weighted by Gasteiger charge is 2.05. The fraction of sp³-hybridized carbons (Fsp3) is 0.294. The molecule has 0 aliphatic heterocycles. The van der Waals surface area contributed by atoms with Gasteiger partial charge in [-0.25, -0.2) is 0 Å². The zero-order valence-corrected chi connectivity index (χ0v) is 12.8. The topological polar surface area (TPSA) is 29.3 Å². The Bertz CT molecular complexity index is 534. The first-order chi connectivity index (χ1) is 9.60. The predicted molar refractivity (Wildman–Crippen MR) is 87.2 cm³/mol. The summed E-state index contributed by atoms with van der Waals surface area (Å²) in [6.45, 7) is 2.96. The van der Waals surface area contributed by atoms with Crippen LogP contribution in [0.4, 0.5) is 5.69 Å². The predicted octanol–water partition coefficient (Wildman–Crippen LogP) is 4.39. The van der Waals surface area contributed by atoms with Crippen LogP contribution < -0.4 is 10.6 Å². The monoisotopic (exact) mass is 288 g/mol. The summed E-state index contributed by atoms with van der Waals surface area (Å²) >= 11 is 5.90. The minimum absolute atomic E-state index is 0.130. The lowest BCUT2D eigenvalue weighted by Gasteiger charge is -2.20. The highest BCUT2D eigenvalue weighted by Crippen LogP contribution is 2.20. The van der Waals surface area contributed by atoms with Gasteiger partial charge in [-0.3, -0.25) is 0 Å². The Labute approximate surface area is 126 Å². The first-order valence-corrected chi connectivity index (χ1v) is 7.29. The third-order valence-electron chi connectivity index (χ3n) is 3.53. The van der Waals surface area contributed by atoms with E-state index in [1.807, 2.05) is 12.1 Å². The Hall–Kier alpha value is -1.51. The highest BCUT2D eigenvalue weighted by atomic mass is 35.5. The first kappa shape index (κ1) is 14.9. The van der Waals surface area contributed by atoms with Crippen molar-refractivity contribution in [3.63, 3.8) is 0 Å².